The van der Waals surface area contributed by atoms with Gasteiger partial charge in [-0.2, -0.15) is 0 Å². The average molecular weight is 365 g/mol. The van der Waals surface area contributed by atoms with Crippen molar-refractivity contribution in [1.82, 2.24) is 5.43 Å². The number of nitrogens with two attached hydrogens (primary N) is 1. The first kappa shape index (κ1) is 12.3. The van der Waals surface area contributed by atoms with Gasteiger partial charge >= 0.3 is 0 Å². The first-order valence-corrected chi connectivity index (χ1v) is 7.00. The molecule has 0 saturated carbocycles. The summed E-state index contributed by atoms with van der Waals surface area (Å²) < 4.78 is 1.20. The molecule has 0 aliphatic rings. The van der Waals surface area contributed by atoms with Gasteiger partial charge in [0, 0.05) is 8.45 Å². The van der Waals surface area contributed by atoms with Crippen LogP contribution in [0.4, 0.5) is 0 Å². The number of thiophene rings is 1. The van der Waals surface area contributed by atoms with Crippen molar-refractivity contribution < 1.29 is 0 Å². The molecule has 1 aromatic carbocycles. The Labute approximate surface area is 117 Å². The molecule has 0 amide bonds. The third kappa shape index (κ3) is 2.57. The third-order valence-electron chi connectivity index (χ3n) is 2.28. The highest BCUT2D eigenvalue weighted by Crippen LogP contribution is 2.32. The zero-order chi connectivity index (χ0) is 11.5. The van der Waals surface area contributed by atoms with Gasteiger partial charge in [0.25, 0.3) is 0 Å². The Morgan fingerprint density at radius 1 is 1.25 bits per heavy atom. The van der Waals surface area contributed by atoms with Crippen LogP contribution in [0.3, 0.4) is 0 Å². The van der Waals surface area contributed by atoms with Crippen molar-refractivity contribution in [2.24, 2.45) is 5.84 Å². The van der Waals surface area contributed by atoms with E-state index in [0.29, 0.717) is 0 Å². The SMILES string of the molecule is NNC(c1ccc(I)cc1)c1sccc1Cl. The fourth-order valence-electron chi connectivity index (χ4n) is 1.49. The van der Waals surface area contributed by atoms with Gasteiger partial charge in [0.2, 0.25) is 0 Å². The van der Waals surface area contributed by atoms with E-state index >= 15 is 0 Å². The van der Waals surface area contributed by atoms with Gasteiger partial charge in [0.15, 0.2) is 0 Å². The van der Waals surface area contributed by atoms with Crippen LogP contribution in [-0.4, -0.2) is 0 Å². The summed E-state index contributed by atoms with van der Waals surface area (Å²) in [6.45, 7) is 0. The van der Waals surface area contributed by atoms with E-state index in [-0.39, 0.29) is 6.04 Å². The molecule has 5 heteroatoms. The summed E-state index contributed by atoms with van der Waals surface area (Å²) in [5.41, 5.74) is 3.92. The number of hydrogen-bond acceptors (Lipinski definition) is 3. The molecular weight excluding hydrogens is 355 g/mol. The molecule has 1 heterocycles. The van der Waals surface area contributed by atoms with Crippen molar-refractivity contribution in [2.45, 2.75) is 6.04 Å². The Bertz CT molecular complexity index is 469. The highest BCUT2D eigenvalue weighted by molar-refractivity contribution is 14.1. The van der Waals surface area contributed by atoms with Crippen LogP contribution in [0.2, 0.25) is 5.02 Å². The van der Waals surface area contributed by atoms with Gasteiger partial charge in [-0.1, -0.05) is 23.7 Å². The lowest BCUT2D eigenvalue weighted by atomic mass is 10.1. The summed E-state index contributed by atoms with van der Waals surface area (Å²) in [6.07, 6.45) is 0. The molecule has 0 saturated heterocycles. The molecule has 1 atom stereocenters. The fraction of sp³-hybridized carbons (Fsp3) is 0.0909. The molecule has 1 aromatic heterocycles. The van der Waals surface area contributed by atoms with E-state index < -0.39 is 0 Å². The first-order chi connectivity index (χ1) is 7.72. The van der Waals surface area contributed by atoms with Gasteiger partial charge in [-0.15, -0.1) is 11.3 Å². The molecule has 84 valence electrons. The molecule has 2 rings (SSSR count). The first-order valence-electron chi connectivity index (χ1n) is 4.67. The maximum absolute atomic E-state index is 6.11. The lowest BCUT2D eigenvalue weighted by molar-refractivity contribution is 0.646. The van der Waals surface area contributed by atoms with E-state index in [0.717, 1.165) is 15.5 Å². The Hall–Kier alpha value is -0.140. The van der Waals surface area contributed by atoms with E-state index in [2.05, 4.69) is 52.3 Å². The molecule has 0 radical (unpaired) electrons. The predicted molar refractivity (Wildman–Crippen MR) is 77.7 cm³/mol. The monoisotopic (exact) mass is 364 g/mol. The normalized spacial score (nSPS) is 12.7. The average Bonchev–Trinajstić information content (AvgIpc) is 2.69. The largest absolute Gasteiger partial charge is 0.271 e. The van der Waals surface area contributed by atoms with Crippen molar-refractivity contribution in [2.75, 3.05) is 0 Å². The molecule has 0 aliphatic heterocycles. The molecular formula is C11H10ClIN2S. The molecule has 2 nitrogen and oxygen atoms in total. The lowest BCUT2D eigenvalue weighted by Gasteiger charge is -2.15. The zero-order valence-corrected chi connectivity index (χ0v) is 12.0. The second-order valence-electron chi connectivity index (χ2n) is 3.28. The van der Waals surface area contributed by atoms with E-state index in [1.54, 1.807) is 11.3 Å². The van der Waals surface area contributed by atoms with Crippen LogP contribution < -0.4 is 11.3 Å². The Morgan fingerprint density at radius 2 is 1.94 bits per heavy atom. The van der Waals surface area contributed by atoms with Crippen LogP contribution in [0.5, 0.6) is 0 Å². The summed E-state index contributed by atoms with van der Waals surface area (Å²) in [5, 5.41) is 2.72. The number of hydrogen-bond donors (Lipinski definition) is 2. The number of rotatable bonds is 3. The third-order valence-corrected chi connectivity index (χ3v) is 4.42. The maximum Gasteiger partial charge on any atom is 0.0817 e. The van der Waals surface area contributed by atoms with Gasteiger partial charge < -0.3 is 0 Å². The van der Waals surface area contributed by atoms with E-state index in [1.807, 2.05) is 11.4 Å². The Kier molecular flexibility index (Phi) is 4.21. The standard InChI is InChI=1S/C11H10ClIN2S/c12-9-5-6-16-11(9)10(15-14)7-1-3-8(13)4-2-7/h1-6,10,15H,14H2. The molecule has 1 unspecified atom stereocenters. The summed E-state index contributed by atoms with van der Waals surface area (Å²) in [5.74, 6) is 5.60. The molecule has 3 N–H and O–H groups in total. The summed E-state index contributed by atoms with van der Waals surface area (Å²) in [4.78, 5) is 1.05. The number of hydrazine groups is 1. The Balaban J connectivity index is 2.37. The van der Waals surface area contributed by atoms with E-state index in [4.69, 9.17) is 17.4 Å². The molecule has 0 bridgehead atoms. The number of halogens is 2. The number of benzene rings is 1. The minimum absolute atomic E-state index is 0.0375. The topological polar surface area (TPSA) is 38.0 Å². The van der Waals surface area contributed by atoms with Crippen LogP contribution >= 0.6 is 45.5 Å². The number of nitrogens with one attached hydrogen (secondary N) is 1. The van der Waals surface area contributed by atoms with Gasteiger partial charge in [-0.05, 0) is 51.7 Å². The van der Waals surface area contributed by atoms with Gasteiger partial charge in [-0.3, -0.25) is 5.84 Å². The summed E-state index contributed by atoms with van der Waals surface area (Å²) >= 11 is 9.99. The van der Waals surface area contributed by atoms with Crippen molar-refractivity contribution in [3.63, 3.8) is 0 Å². The van der Waals surface area contributed by atoms with Crippen LogP contribution in [-0.2, 0) is 0 Å². The van der Waals surface area contributed by atoms with Gasteiger partial charge in [0.1, 0.15) is 0 Å². The summed E-state index contributed by atoms with van der Waals surface area (Å²) in [7, 11) is 0. The van der Waals surface area contributed by atoms with Crippen LogP contribution in [0, 0.1) is 3.57 Å². The molecule has 0 fully saturated rings. The van der Waals surface area contributed by atoms with Crippen molar-refractivity contribution >= 4 is 45.5 Å². The van der Waals surface area contributed by atoms with Crippen LogP contribution in [0.25, 0.3) is 0 Å². The second kappa shape index (κ2) is 5.46. The second-order valence-corrected chi connectivity index (χ2v) is 5.88. The highest BCUT2D eigenvalue weighted by atomic mass is 127. The molecule has 2 aromatic rings. The Morgan fingerprint density at radius 3 is 2.44 bits per heavy atom. The maximum atomic E-state index is 6.11. The van der Waals surface area contributed by atoms with Crippen molar-refractivity contribution in [3.05, 3.63) is 54.7 Å². The molecule has 0 spiro atoms. The van der Waals surface area contributed by atoms with E-state index in [1.165, 1.54) is 3.57 Å². The predicted octanol–water partition coefficient (Wildman–Crippen LogP) is 3.56. The fourth-order valence-corrected chi connectivity index (χ4v) is 3.10. The smallest absolute Gasteiger partial charge is 0.0817 e. The van der Waals surface area contributed by atoms with Gasteiger partial charge in [-0.25, -0.2) is 5.43 Å². The quantitative estimate of drug-likeness (QED) is 0.496. The lowest BCUT2D eigenvalue weighted by Crippen LogP contribution is -2.28. The van der Waals surface area contributed by atoms with Gasteiger partial charge in [0.05, 0.1) is 11.1 Å². The van der Waals surface area contributed by atoms with Crippen molar-refractivity contribution in [3.8, 4) is 0 Å². The van der Waals surface area contributed by atoms with E-state index in [9.17, 15) is 0 Å². The highest BCUT2D eigenvalue weighted by Gasteiger charge is 2.16. The zero-order valence-electron chi connectivity index (χ0n) is 8.28. The summed E-state index contributed by atoms with van der Waals surface area (Å²) in [6, 6.07) is 10.1. The van der Waals surface area contributed by atoms with Crippen molar-refractivity contribution in [1.29, 1.82) is 0 Å². The molecule has 0 aliphatic carbocycles. The minimum Gasteiger partial charge on any atom is -0.271 e. The van der Waals surface area contributed by atoms with Crippen LogP contribution in [0.15, 0.2) is 35.7 Å². The van der Waals surface area contributed by atoms with Crippen LogP contribution in [0.1, 0.15) is 16.5 Å². The minimum atomic E-state index is -0.0375. The molecule has 16 heavy (non-hydrogen) atoms.